The van der Waals surface area contributed by atoms with Gasteiger partial charge in [-0.3, -0.25) is 0 Å². The van der Waals surface area contributed by atoms with Crippen LogP contribution in [0.1, 0.15) is 43.2 Å². The second kappa shape index (κ2) is 12.6. The van der Waals surface area contributed by atoms with Crippen molar-refractivity contribution in [2.24, 2.45) is 17.6 Å². The fourth-order valence-electron chi connectivity index (χ4n) is 5.77. The lowest BCUT2D eigenvalue weighted by molar-refractivity contribution is 0.0993. The first kappa shape index (κ1) is 29.0. The smallest absolute Gasteiger partial charge is 0.229 e. The van der Waals surface area contributed by atoms with Crippen molar-refractivity contribution >= 4 is 47.2 Å². The predicted octanol–water partition coefficient (Wildman–Crippen LogP) is 6.64. The first-order valence-corrected chi connectivity index (χ1v) is 17.0. The minimum Gasteiger partial charge on any atom is -0.380 e. The highest BCUT2D eigenvalue weighted by Crippen LogP contribution is 2.39. The van der Waals surface area contributed by atoms with E-state index in [2.05, 4.69) is 38.8 Å². The molecule has 2 heterocycles. The molecule has 0 saturated carbocycles. The van der Waals surface area contributed by atoms with Gasteiger partial charge in [0.15, 0.2) is 5.82 Å². The Kier molecular flexibility index (Phi) is 9.11. The number of anilines is 4. The van der Waals surface area contributed by atoms with E-state index >= 15 is 0 Å². The third kappa shape index (κ3) is 7.41. The molecule has 214 valence electrons. The van der Waals surface area contributed by atoms with E-state index in [4.69, 9.17) is 22.1 Å². The first-order valence-electron chi connectivity index (χ1n) is 14.0. The molecule has 5 rings (SSSR count). The van der Waals surface area contributed by atoms with Crippen LogP contribution in [-0.4, -0.2) is 42.6 Å². The number of hydrogen-bond donors (Lipinski definition) is 3. The van der Waals surface area contributed by atoms with Crippen molar-refractivity contribution in [3.05, 3.63) is 64.6 Å². The highest BCUT2D eigenvalue weighted by Gasteiger charge is 2.24. The van der Waals surface area contributed by atoms with E-state index in [0.29, 0.717) is 46.2 Å². The van der Waals surface area contributed by atoms with Gasteiger partial charge in [0.2, 0.25) is 5.95 Å². The van der Waals surface area contributed by atoms with E-state index in [1.54, 1.807) is 19.4 Å². The summed E-state index contributed by atoms with van der Waals surface area (Å²) in [6.07, 6.45) is 9.43. The average Bonchev–Trinajstić information content (AvgIpc) is 3.24. The van der Waals surface area contributed by atoms with E-state index in [1.807, 2.05) is 0 Å². The quantitative estimate of drug-likeness (QED) is 0.211. The molecule has 0 amide bonds. The minimum absolute atomic E-state index is 0.178. The van der Waals surface area contributed by atoms with Gasteiger partial charge >= 0.3 is 0 Å². The summed E-state index contributed by atoms with van der Waals surface area (Å²) in [6, 6.07) is 10.8. The third-order valence-corrected chi connectivity index (χ3v) is 9.75. The van der Waals surface area contributed by atoms with Crippen molar-refractivity contribution in [1.82, 2.24) is 9.97 Å². The summed E-state index contributed by atoms with van der Waals surface area (Å²) in [7, 11) is -2.75. The van der Waals surface area contributed by atoms with E-state index in [1.165, 1.54) is 48.7 Å². The van der Waals surface area contributed by atoms with Crippen LogP contribution in [0.5, 0.6) is 0 Å². The van der Waals surface area contributed by atoms with Crippen LogP contribution in [0.3, 0.4) is 0 Å². The second-order valence-electron chi connectivity index (χ2n) is 11.6. The summed E-state index contributed by atoms with van der Waals surface area (Å²) in [6.45, 7) is 4.72. The molecule has 1 saturated heterocycles. The van der Waals surface area contributed by atoms with Crippen LogP contribution in [0.15, 0.2) is 42.6 Å². The number of aryl methyl sites for hydroxylation is 2. The Balaban J connectivity index is 1.26. The van der Waals surface area contributed by atoms with Gasteiger partial charge in [0, 0.05) is 23.6 Å². The number of hydrogen-bond acceptors (Lipinski definition) is 7. The number of fused-ring (bicyclic) bond motifs is 1. The van der Waals surface area contributed by atoms with Crippen LogP contribution < -0.4 is 21.7 Å². The van der Waals surface area contributed by atoms with E-state index in [0.717, 1.165) is 38.0 Å². The Morgan fingerprint density at radius 1 is 1.02 bits per heavy atom. The number of ether oxygens (including phenoxy) is 1. The lowest BCUT2D eigenvalue weighted by Crippen LogP contribution is -2.23. The average molecular weight is 586 g/mol. The fourth-order valence-corrected chi connectivity index (χ4v) is 7.05. The number of aromatic nitrogens is 2. The van der Waals surface area contributed by atoms with Gasteiger partial charge in [-0.1, -0.05) is 17.7 Å². The van der Waals surface area contributed by atoms with Gasteiger partial charge in [-0.2, -0.15) is 4.98 Å². The fraction of sp³-hybridized carbons (Fsp3) is 0.467. The lowest BCUT2D eigenvalue weighted by atomic mass is 9.86. The highest BCUT2D eigenvalue weighted by atomic mass is 35.5. The molecule has 3 aromatic rings. The zero-order chi connectivity index (χ0) is 28.3. The molecule has 1 aromatic heterocycles. The van der Waals surface area contributed by atoms with Crippen molar-refractivity contribution < 1.29 is 13.7 Å². The maximum Gasteiger partial charge on any atom is 0.229 e. The van der Waals surface area contributed by atoms with Crippen LogP contribution in [0, 0.1) is 17.7 Å². The maximum absolute atomic E-state index is 13.9. The minimum atomic E-state index is -2.75. The number of halogens is 2. The third-order valence-electron chi connectivity index (χ3n) is 7.94. The molecule has 1 aliphatic carbocycles. The Morgan fingerprint density at radius 3 is 2.62 bits per heavy atom. The summed E-state index contributed by atoms with van der Waals surface area (Å²) in [5.41, 5.74) is 10.3. The summed E-state index contributed by atoms with van der Waals surface area (Å²) < 4.78 is 32.5. The van der Waals surface area contributed by atoms with Crippen LogP contribution in [0.25, 0.3) is 0 Å². The summed E-state index contributed by atoms with van der Waals surface area (Å²) >= 11 is 6.39. The van der Waals surface area contributed by atoms with Crippen LogP contribution in [-0.2, 0) is 22.1 Å². The van der Waals surface area contributed by atoms with Gasteiger partial charge < -0.3 is 25.7 Å². The van der Waals surface area contributed by atoms with Crippen molar-refractivity contribution in [1.29, 1.82) is 0 Å². The second-order valence-corrected chi connectivity index (χ2v) is 15.1. The lowest BCUT2D eigenvalue weighted by Gasteiger charge is -2.20. The maximum atomic E-state index is 13.9. The molecular formula is C30H38ClFN5O2P. The normalized spacial score (nSPS) is 21.7. The van der Waals surface area contributed by atoms with E-state index < -0.39 is 13.0 Å². The Labute approximate surface area is 240 Å². The number of benzene rings is 2. The summed E-state index contributed by atoms with van der Waals surface area (Å²) in [4.78, 5) is 8.91. The van der Waals surface area contributed by atoms with Crippen molar-refractivity contribution in [2.75, 3.05) is 37.2 Å². The molecule has 40 heavy (non-hydrogen) atoms. The molecule has 0 spiro atoms. The predicted molar refractivity (Wildman–Crippen MR) is 162 cm³/mol. The molecular weight excluding hydrogens is 548 g/mol. The van der Waals surface area contributed by atoms with Crippen LogP contribution >= 0.6 is 18.7 Å². The molecule has 0 radical (unpaired) electrons. The van der Waals surface area contributed by atoms with Crippen molar-refractivity contribution in [3.8, 4) is 0 Å². The molecule has 2 unspecified atom stereocenters. The Morgan fingerprint density at radius 2 is 1.82 bits per heavy atom. The summed E-state index contributed by atoms with van der Waals surface area (Å²) in [5.74, 6) is 1.58. The molecule has 2 aliphatic rings. The van der Waals surface area contributed by atoms with Gasteiger partial charge in [0.05, 0.1) is 18.5 Å². The van der Waals surface area contributed by atoms with Gasteiger partial charge in [-0.15, -0.1) is 0 Å². The first-order chi connectivity index (χ1) is 19.1. The van der Waals surface area contributed by atoms with Gasteiger partial charge in [-0.05, 0) is 112 Å². The molecule has 10 heteroatoms. The molecule has 2 aromatic carbocycles. The molecule has 1 fully saturated rings. The van der Waals surface area contributed by atoms with Gasteiger partial charge in [-0.25, -0.2) is 9.37 Å². The standard InChI is InChI=1S/C30H38ClFN5O2P/c1-40(2,38)28-15-23(32)9-12-27(28)36-29-26(31)16-34-30(37-29)35-25-11-8-21-6-3-19(4-7-22(21)14-25)13-20-5-10-24(33)18-39-17-20/h8-9,11-12,14-16,19-20,24H,3-7,10,13,17-18,33H2,1-2H3,(H2,34,35,36,37)/t19-,20?,24?/m0/s1. The van der Waals surface area contributed by atoms with Crippen LogP contribution in [0.2, 0.25) is 5.02 Å². The monoisotopic (exact) mass is 585 g/mol. The Bertz CT molecular complexity index is 1400. The molecule has 3 atom stereocenters. The van der Waals surface area contributed by atoms with E-state index in [9.17, 15) is 8.96 Å². The molecule has 0 bridgehead atoms. The van der Waals surface area contributed by atoms with Crippen molar-refractivity contribution in [2.45, 2.75) is 51.0 Å². The highest BCUT2D eigenvalue weighted by molar-refractivity contribution is 7.70. The molecule has 1 aliphatic heterocycles. The number of nitrogens with two attached hydrogens (primary N) is 1. The van der Waals surface area contributed by atoms with Gasteiger partial charge in [0.25, 0.3) is 0 Å². The topological polar surface area (TPSA) is 102 Å². The largest absolute Gasteiger partial charge is 0.380 e. The SMILES string of the molecule is CP(C)(=O)c1cc(F)ccc1Nc1nc(Nc2ccc3c(c2)CC[C@@H](CC2CCC(N)COC2)CC3)ncc1Cl. The van der Waals surface area contributed by atoms with Gasteiger partial charge in [0.1, 0.15) is 18.0 Å². The number of nitrogens with zero attached hydrogens (tertiary/aromatic N) is 2. The number of nitrogens with one attached hydrogen (secondary N) is 2. The molecule has 7 nitrogen and oxygen atoms in total. The number of rotatable bonds is 7. The van der Waals surface area contributed by atoms with E-state index in [-0.39, 0.29) is 6.04 Å². The zero-order valence-corrected chi connectivity index (χ0v) is 24.8. The van der Waals surface area contributed by atoms with Crippen LogP contribution in [0.4, 0.5) is 27.5 Å². The molecule has 4 N–H and O–H groups in total. The summed E-state index contributed by atoms with van der Waals surface area (Å²) in [5, 5.41) is 7.13. The zero-order valence-electron chi connectivity index (χ0n) is 23.1. The van der Waals surface area contributed by atoms with Crippen molar-refractivity contribution in [3.63, 3.8) is 0 Å². The Hall–Kier alpha value is -2.51.